The molecule has 0 bridgehead atoms. The second-order valence-corrected chi connectivity index (χ2v) is 11.7. The molecule has 6 rings (SSSR count). The maximum atomic E-state index is 13.8. The van der Waals surface area contributed by atoms with E-state index in [2.05, 4.69) is 0 Å². The van der Waals surface area contributed by atoms with Gasteiger partial charge in [0.1, 0.15) is 17.1 Å². The van der Waals surface area contributed by atoms with Crippen molar-refractivity contribution in [2.45, 2.75) is 63.4 Å². The molecule has 2 aromatic carbocycles. The number of fused-ring (bicyclic) bond motifs is 3. The molecule has 0 aliphatic heterocycles. The highest BCUT2D eigenvalue weighted by molar-refractivity contribution is 6.21. The zero-order valence-electron chi connectivity index (χ0n) is 22.0. The predicted molar refractivity (Wildman–Crippen MR) is 146 cm³/mol. The Kier molecular flexibility index (Phi) is 6.33. The van der Waals surface area contributed by atoms with E-state index in [4.69, 9.17) is 0 Å². The van der Waals surface area contributed by atoms with Gasteiger partial charge >= 0.3 is 5.97 Å². The van der Waals surface area contributed by atoms with Crippen molar-refractivity contribution in [2.24, 2.45) is 17.8 Å². The Bertz CT molecular complexity index is 1490. The molecule has 8 nitrogen and oxygen atoms in total. The second kappa shape index (κ2) is 9.63. The fourth-order valence-corrected chi connectivity index (χ4v) is 7.44. The fraction of sp³-hybridized carbons (Fsp3) is 0.406. The van der Waals surface area contributed by atoms with Gasteiger partial charge in [-0.2, -0.15) is 0 Å². The molecule has 0 heterocycles. The van der Waals surface area contributed by atoms with E-state index in [-0.39, 0.29) is 29.7 Å². The molecular weight excluding hydrogens is 512 g/mol. The summed E-state index contributed by atoms with van der Waals surface area (Å²) in [7, 11) is 0. The van der Waals surface area contributed by atoms with E-state index in [1.54, 1.807) is 0 Å². The minimum absolute atomic E-state index is 0.0720. The Morgan fingerprint density at radius 2 is 1.68 bits per heavy atom. The monoisotopic (exact) mass is 544 g/mol. The Balaban J connectivity index is 1.53. The summed E-state index contributed by atoms with van der Waals surface area (Å²) in [5, 5.41) is 54.8. The fourth-order valence-electron chi connectivity index (χ4n) is 7.44. The summed E-state index contributed by atoms with van der Waals surface area (Å²) in [5.41, 5.74) is -0.569. The van der Waals surface area contributed by atoms with Crippen LogP contribution in [0.5, 0.6) is 5.75 Å². The molecule has 0 unspecified atom stereocenters. The van der Waals surface area contributed by atoms with Crippen LogP contribution in [0.3, 0.4) is 0 Å². The van der Waals surface area contributed by atoms with Crippen LogP contribution in [0, 0.1) is 17.8 Å². The third kappa shape index (κ3) is 3.88. The summed E-state index contributed by atoms with van der Waals surface area (Å²) in [6.07, 6.45) is 6.10. The van der Waals surface area contributed by atoms with E-state index < -0.39 is 58.5 Å². The van der Waals surface area contributed by atoms with Gasteiger partial charge in [0, 0.05) is 17.9 Å². The summed E-state index contributed by atoms with van der Waals surface area (Å²) >= 11 is 0. The lowest BCUT2D eigenvalue weighted by Crippen LogP contribution is -2.58. The number of carboxylic acid groups (broad SMARTS) is 1. The lowest BCUT2D eigenvalue weighted by atomic mass is 9.59. The first-order chi connectivity index (χ1) is 19.1. The molecule has 3 atom stereocenters. The number of aliphatic hydroxyl groups excluding tert-OH is 2. The molecule has 0 saturated heterocycles. The minimum atomic E-state index is -2.64. The minimum Gasteiger partial charge on any atom is -0.508 e. The number of phenolic OH excluding ortho intramolecular Hbond substituents is 1. The van der Waals surface area contributed by atoms with Gasteiger partial charge in [-0.05, 0) is 59.4 Å². The molecule has 0 radical (unpaired) electrons. The number of carbonyl (C=O) groups is 3. The van der Waals surface area contributed by atoms with E-state index in [1.165, 1.54) is 6.42 Å². The molecular formula is C32H32O8. The normalized spacial score (nSPS) is 26.8. The van der Waals surface area contributed by atoms with Gasteiger partial charge in [0.15, 0.2) is 17.1 Å². The number of aliphatic hydroxyl groups is 3. The van der Waals surface area contributed by atoms with E-state index in [1.807, 2.05) is 36.4 Å². The van der Waals surface area contributed by atoms with E-state index in [9.17, 15) is 39.9 Å². The van der Waals surface area contributed by atoms with E-state index in [0.29, 0.717) is 23.5 Å². The molecule has 4 aliphatic carbocycles. The highest BCUT2D eigenvalue weighted by Gasteiger charge is 2.60. The number of aliphatic carboxylic acids is 1. The molecule has 0 amide bonds. The molecule has 4 aliphatic rings. The van der Waals surface area contributed by atoms with Gasteiger partial charge in [0.2, 0.25) is 5.78 Å². The van der Waals surface area contributed by atoms with E-state index in [0.717, 1.165) is 36.8 Å². The van der Waals surface area contributed by atoms with Crippen molar-refractivity contribution in [3.8, 4) is 16.9 Å². The number of carbonyl (C=O) groups excluding carboxylic acids is 2. The number of hydrogen-bond donors (Lipinski definition) is 5. The third-order valence-electron chi connectivity index (χ3n) is 9.43. The number of aromatic hydroxyl groups is 1. The SMILES string of the molecule is O=C(O)C1=C(O)[C@]2(O)C(=O)C3=C(O)c4c(O)c(CC5CCCCC5)cc(-c5ccccc5)c4C[C@@H]3C[C@@H]2CC1=O. The second-order valence-electron chi connectivity index (χ2n) is 11.7. The number of benzene rings is 2. The molecule has 5 N–H and O–H groups in total. The van der Waals surface area contributed by atoms with Gasteiger partial charge in [-0.1, -0.05) is 62.4 Å². The molecule has 2 saturated carbocycles. The first kappa shape index (κ1) is 26.3. The van der Waals surface area contributed by atoms with Crippen LogP contribution in [0.25, 0.3) is 16.9 Å². The van der Waals surface area contributed by atoms with Crippen molar-refractivity contribution in [2.75, 3.05) is 0 Å². The zero-order chi connectivity index (χ0) is 28.3. The van der Waals surface area contributed by atoms with Crippen LogP contribution < -0.4 is 0 Å². The van der Waals surface area contributed by atoms with Crippen LogP contribution in [0.1, 0.15) is 61.6 Å². The number of phenols is 1. The highest BCUT2D eigenvalue weighted by atomic mass is 16.4. The summed E-state index contributed by atoms with van der Waals surface area (Å²) in [5.74, 6) is -6.61. The topological polar surface area (TPSA) is 152 Å². The van der Waals surface area contributed by atoms with Gasteiger partial charge in [-0.15, -0.1) is 0 Å². The van der Waals surface area contributed by atoms with Gasteiger partial charge in [-0.25, -0.2) is 4.79 Å². The zero-order valence-corrected chi connectivity index (χ0v) is 22.0. The van der Waals surface area contributed by atoms with Gasteiger partial charge in [0.05, 0.1) is 5.56 Å². The number of carboxylic acids is 1. The van der Waals surface area contributed by atoms with Crippen molar-refractivity contribution in [3.63, 3.8) is 0 Å². The molecule has 8 heteroatoms. The van der Waals surface area contributed by atoms with E-state index >= 15 is 0 Å². The highest BCUT2D eigenvalue weighted by Crippen LogP contribution is 2.54. The largest absolute Gasteiger partial charge is 0.508 e. The maximum Gasteiger partial charge on any atom is 0.342 e. The Morgan fingerprint density at radius 3 is 2.35 bits per heavy atom. The van der Waals surface area contributed by atoms with Gasteiger partial charge < -0.3 is 25.5 Å². The number of hydrogen-bond acceptors (Lipinski definition) is 7. The lowest BCUT2D eigenvalue weighted by molar-refractivity contribution is -0.149. The van der Waals surface area contributed by atoms with Crippen LogP contribution in [-0.4, -0.2) is 48.7 Å². The molecule has 40 heavy (non-hydrogen) atoms. The standard InChI is InChI=1S/C32H32O8/c33-23-15-20-12-18-13-22-21(17-9-5-2-6-10-17)14-19(11-16-7-3-1-4-8-16)27(34)25(22)28(35)24(18)29(36)32(20,40)30(37)26(23)31(38)39/h2,5-6,9-10,14,16,18,20,34-35,37,40H,1,3-4,7-8,11-13,15H2,(H,38,39)/t18-,20+,32+/m0/s1. The average molecular weight is 545 g/mol. The summed E-state index contributed by atoms with van der Waals surface area (Å²) < 4.78 is 0. The van der Waals surface area contributed by atoms with Crippen molar-refractivity contribution in [3.05, 3.63) is 70.0 Å². The first-order valence-electron chi connectivity index (χ1n) is 14.0. The van der Waals surface area contributed by atoms with Crippen LogP contribution >= 0.6 is 0 Å². The molecule has 0 aromatic heterocycles. The summed E-state index contributed by atoms with van der Waals surface area (Å²) in [6, 6.07) is 11.6. The lowest BCUT2D eigenvalue weighted by Gasteiger charge is -2.46. The third-order valence-corrected chi connectivity index (χ3v) is 9.43. The smallest absolute Gasteiger partial charge is 0.342 e. The summed E-state index contributed by atoms with van der Waals surface area (Å²) in [6.45, 7) is 0. The Morgan fingerprint density at radius 1 is 0.975 bits per heavy atom. The Hall–Kier alpha value is -3.91. The molecule has 2 fully saturated rings. The number of Topliss-reactive ketones (excluding diaryl/α,β-unsaturated/α-hetero) is 2. The average Bonchev–Trinajstić information content (AvgIpc) is 2.93. The van der Waals surface area contributed by atoms with Crippen molar-refractivity contribution >= 4 is 23.3 Å². The Labute approximate surface area is 231 Å². The molecule has 2 aromatic rings. The van der Waals surface area contributed by atoms with Gasteiger partial charge in [-0.3, -0.25) is 9.59 Å². The van der Waals surface area contributed by atoms with Crippen LogP contribution in [0.2, 0.25) is 0 Å². The summed E-state index contributed by atoms with van der Waals surface area (Å²) in [4.78, 5) is 38.1. The van der Waals surface area contributed by atoms with Crippen molar-refractivity contribution in [1.29, 1.82) is 0 Å². The number of ketones is 2. The van der Waals surface area contributed by atoms with Crippen LogP contribution in [0.15, 0.2) is 53.3 Å². The first-order valence-corrected chi connectivity index (χ1v) is 14.0. The van der Waals surface area contributed by atoms with Crippen molar-refractivity contribution < 1.29 is 39.9 Å². The predicted octanol–water partition coefficient (Wildman–Crippen LogP) is 4.81. The molecule has 0 spiro atoms. The quantitative estimate of drug-likeness (QED) is 0.344. The van der Waals surface area contributed by atoms with Crippen LogP contribution in [-0.2, 0) is 27.2 Å². The van der Waals surface area contributed by atoms with Crippen LogP contribution in [0.4, 0.5) is 0 Å². The van der Waals surface area contributed by atoms with Gasteiger partial charge in [0.25, 0.3) is 0 Å². The van der Waals surface area contributed by atoms with Crippen molar-refractivity contribution in [1.82, 2.24) is 0 Å². The maximum absolute atomic E-state index is 13.8. The number of rotatable bonds is 4. The molecule has 208 valence electrons.